The topological polar surface area (TPSA) is 100 Å². The van der Waals surface area contributed by atoms with E-state index in [1.165, 1.54) is 6.20 Å². The molecule has 0 saturated heterocycles. The average molecular weight is 378 g/mol. The summed E-state index contributed by atoms with van der Waals surface area (Å²) in [6, 6.07) is 11.2. The number of nitrogens with zero attached hydrogens (tertiary/aromatic N) is 2. The molecule has 7 nitrogen and oxygen atoms in total. The molecule has 2 aromatic heterocycles. The molecular weight excluding hydrogens is 356 g/mol. The maximum absolute atomic E-state index is 13.1. The summed E-state index contributed by atoms with van der Waals surface area (Å²) in [5.41, 5.74) is 2.90. The van der Waals surface area contributed by atoms with Crippen LogP contribution >= 0.6 is 0 Å². The molecule has 4 rings (SSSR count). The first-order valence-electron chi connectivity index (χ1n) is 9.22. The molecule has 1 aromatic carbocycles. The minimum Gasteiger partial charge on any atom is -0.495 e. The standard InChI is InChI=1S/C21H22N4O3/c1-28-17-9-15(10-22-11-17)19(14-7-16(26)8-14)24-21(27)18-12-23-25-20(18)13-5-3-2-4-6-13/h2-6,9-12,14,16,19,26H,7-8H2,1H3,(H,23,25)(H,24,27)/t14?,16?,19-/m1/s1. The highest BCUT2D eigenvalue weighted by atomic mass is 16.5. The Labute approximate surface area is 162 Å². The first-order chi connectivity index (χ1) is 13.7. The second-order valence-corrected chi connectivity index (χ2v) is 7.02. The quantitative estimate of drug-likeness (QED) is 0.612. The molecule has 0 radical (unpaired) electrons. The summed E-state index contributed by atoms with van der Waals surface area (Å²) in [7, 11) is 1.58. The summed E-state index contributed by atoms with van der Waals surface area (Å²) in [5.74, 6) is 0.548. The summed E-state index contributed by atoms with van der Waals surface area (Å²) in [5, 5.41) is 19.8. The third-order valence-electron chi connectivity index (χ3n) is 5.18. The number of ether oxygens (including phenoxy) is 1. The van der Waals surface area contributed by atoms with Crippen LogP contribution in [0.15, 0.2) is 55.0 Å². The lowest BCUT2D eigenvalue weighted by molar-refractivity contribution is 0.0234. The van der Waals surface area contributed by atoms with Gasteiger partial charge in [-0.15, -0.1) is 0 Å². The number of nitrogens with one attached hydrogen (secondary N) is 2. The van der Waals surface area contributed by atoms with Crippen molar-refractivity contribution in [3.8, 4) is 17.0 Å². The predicted octanol–water partition coefficient (Wildman–Crippen LogP) is 2.72. The number of pyridine rings is 1. The van der Waals surface area contributed by atoms with E-state index in [0.717, 1.165) is 11.1 Å². The molecular formula is C21H22N4O3. The number of amides is 1. The molecule has 28 heavy (non-hydrogen) atoms. The van der Waals surface area contributed by atoms with Crippen LogP contribution in [0, 0.1) is 5.92 Å². The minimum absolute atomic E-state index is 0.139. The van der Waals surface area contributed by atoms with Gasteiger partial charge < -0.3 is 15.2 Å². The third-order valence-corrected chi connectivity index (χ3v) is 5.18. The highest BCUT2D eigenvalue weighted by Gasteiger charge is 2.36. The summed E-state index contributed by atoms with van der Waals surface area (Å²) < 4.78 is 5.27. The SMILES string of the molecule is COc1cncc([C@H](NC(=O)c2cn[nH]c2-c2ccccc2)C2CC(O)C2)c1. The Hall–Kier alpha value is -3.19. The van der Waals surface area contributed by atoms with Gasteiger partial charge in [0, 0.05) is 11.8 Å². The number of aliphatic hydroxyl groups excluding tert-OH is 1. The molecule has 3 aromatic rings. The van der Waals surface area contributed by atoms with Crippen LogP contribution in [0.2, 0.25) is 0 Å². The largest absolute Gasteiger partial charge is 0.495 e. The van der Waals surface area contributed by atoms with E-state index in [-0.39, 0.29) is 24.0 Å². The van der Waals surface area contributed by atoms with Crippen LogP contribution in [-0.4, -0.2) is 39.4 Å². The molecule has 1 atom stereocenters. The number of rotatable bonds is 6. The smallest absolute Gasteiger partial charge is 0.255 e. The van der Waals surface area contributed by atoms with E-state index in [1.807, 2.05) is 36.4 Å². The molecule has 144 valence electrons. The normalized spacial score (nSPS) is 19.5. The fraction of sp³-hybridized carbons (Fsp3) is 0.286. The molecule has 0 unspecified atom stereocenters. The number of methoxy groups -OCH3 is 1. The van der Waals surface area contributed by atoms with Crippen LogP contribution in [0.25, 0.3) is 11.3 Å². The lowest BCUT2D eigenvalue weighted by atomic mass is 9.75. The molecule has 2 heterocycles. The highest BCUT2D eigenvalue weighted by Crippen LogP contribution is 2.39. The van der Waals surface area contributed by atoms with Crippen LogP contribution in [0.3, 0.4) is 0 Å². The van der Waals surface area contributed by atoms with Crippen LogP contribution in [-0.2, 0) is 0 Å². The number of carbonyl (C=O) groups is 1. The van der Waals surface area contributed by atoms with Crippen molar-refractivity contribution in [1.29, 1.82) is 0 Å². The molecule has 3 N–H and O–H groups in total. The Kier molecular flexibility index (Phi) is 5.08. The van der Waals surface area contributed by atoms with Crippen LogP contribution in [0.5, 0.6) is 5.75 Å². The van der Waals surface area contributed by atoms with Gasteiger partial charge >= 0.3 is 0 Å². The van der Waals surface area contributed by atoms with Gasteiger partial charge in [-0.2, -0.15) is 5.10 Å². The van der Waals surface area contributed by atoms with Gasteiger partial charge in [-0.3, -0.25) is 14.9 Å². The molecule has 1 saturated carbocycles. The van der Waals surface area contributed by atoms with Gasteiger partial charge in [0.2, 0.25) is 0 Å². The third kappa shape index (κ3) is 3.61. The monoisotopic (exact) mass is 378 g/mol. The van der Waals surface area contributed by atoms with Gasteiger partial charge in [-0.05, 0) is 30.4 Å². The molecule has 1 aliphatic rings. The van der Waals surface area contributed by atoms with Crippen molar-refractivity contribution in [2.75, 3.05) is 7.11 Å². The molecule has 1 amide bonds. The molecule has 1 fully saturated rings. The number of benzene rings is 1. The number of hydrogen-bond acceptors (Lipinski definition) is 5. The zero-order valence-corrected chi connectivity index (χ0v) is 15.5. The number of aliphatic hydroxyl groups is 1. The van der Waals surface area contributed by atoms with Crippen molar-refractivity contribution in [3.05, 3.63) is 66.1 Å². The van der Waals surface area contributed by atoms with Gasteiger partial charge in [-0.25, -0.2) is 0 Å². The zero-order valence-electron chi connectivity index (χ0n) is 15.5. The van der Waals surface area contributed by atoms with E-state index < -0.39 is 0 Å². The Balaban J connectivity index is 1.61. The number of hydrogen-bond donors (Lipinski definition) is 3. The first-order valence-corrected chi connectivity index (χ1v) is 9.22. The van der Waals surface area contributed by atoms with Crippen molar-refractivity contribution in [1.82, 2.24) is 20.5 Å². The van der Waals surface area contributed by atoms with E-state index in [4.69, 9.17) is 4.74 Å². The van der Waals surface area contributed by atoms with E-state index in [2.05, 4.69) is 20.5 Å². The fourth-order valence-electron chi connectivity index (χ4n) is 3.59. The van der Waals surface area contributed by atoms with Crippen molar-refractivity contribution >= 4 is 5.91 Å². The van der Waals surface area contributed by atoms with E-state index >= 15 is 0 Å². The first kappa shape index (κ1) is 18.2. The van der Waals surface area contributed by atoms with Gasteiger partial charge in [-0.1, -0.05) is 30.3 Å². The van der Waals surface area contributed by atoms with E-state index in [0.29, 0.717) is 29.8 Å². The van der Waals surface area contributed by atoms with Crippen LogP contribution in [0.4, 0.5) is 0 Å². The number of aromatic amines is 1. The van der Waals surface area contributed by atoms with Crippen LogP contribution in [0.1, 0.15) is 34.8 Å². The van der Waals surface area contributed by atoms with E-state index in [9.17, 15) is 9.90 Å². The molecule has 0 aliphatic heterocycles. The Bertz CT molecular complexity index is 951. The van der Waals surface area contributed by atoms with Crippen LogP contribution < -0.4 is 10.1 Å². The second-order valence-electron chi connectivity index (χ2n) is 7.02. The Morgan fingerprint density at radius 1 is 1.25 bits per heavy atom. The molecule has 0 bridgehead atoms. The predicted molar refractivity (Wildman–Crippen MR) is 104 cm³/mol. The van der Waals surface area contributed by atoms with Gasteiger partial charge in [0.25, 0.3) is 5.91 Å². The molecule has 7 heteroatoms. The second kappa shape index (κ2) is 7.82. The summed E-state index contributed by atoms with van der Waals surface area (Å²) in [4.78, 5) is 17.3. The molecule has 1 aliphatic carbocycles. The number of carbonyl (C=O) groups excluding carboxylic acids is 1. The zero-order chi connectivity index (χ0) is 19.5. The van der Waals surface area contributed by atoms with Crippen molar-refractivity contribution in [2.45, 2.75) is 25.0 Å². The summed E-state index contributed by atoms with van der Waals surface area (Å²) in [6.07, 6.45) is 5.84. The van der Waals surface area contributed by atoms with E-state index in [1.54, 1.807) is 19.5 Å². The fourth-order valence-corrected chi connectivity index (χ4v) is 3.59. The summed E-state index contributed by atoms with van der Waals surface area (Å²) in [6.45, 7) is 0. The van der Waals surface area contributed by atoms with Crippen molar-refractivity contribution in [3.63, 3.8) is 0 Å². The van der Waals surface area contributed by atoms with Gasteiger partial charge in [0.05, 0.1) is 42.9 Å². The van der Waals surface area contributed by atoms with Crippen molar-refractivity contribution < 1.29 is 14.6 Å². The Morgan fingerprint density at radius 3 is 2.75 bits per heavy atom. The number of H-pyrrole nitrogens is 1. The maximum Gasteiger partial charge on any atom is 0.255 e. The maximum atomic E-state index is 13.1. The Morgan fingerprint density at radius 2 is 2.04 bits per heavy atom. The lowest BCUT2D eigenvalue weighted by Gasteiger charge is -2.38. The average Bonchev–Trinajstić information content (AvgIpc) is 3.20. The summed E-state index contributed by atoms with van der Waals surface area (Å²) >= 11 is 0. The van der Waals surface area contributed by atoms with Gasteiger partial charge in [0.1, 0.15) is 5.75 Å². The molecule has 0 spiro atoms. The number of aromatic nitrogens is 3. The van der Waals surface area contributed by atoms with Crippen molar-refractivity contribution in [2.24, 2.45) is 5.92 Å². The minimum atomic E-state index is -0.322. The lowest BCUT2D eigenvalue weighted by Crippen LogP contribution is -2.41. The van der Waals surface area contributed by atoms with Gasteiger partial charge in [0.15, 0.2) is 0 Å². The highest BCUT2D eigenvalue weighted by molar-refractivity contribution is 6.00.